The molecule has 0 saturated heterocycles. The van der Waals surface area contributed by atoms with Gasteiger partial charge in [0.05, 0.1) is 44.5 Å². The quantitative estimate of drug-likeness (QED) is 0.208. The SMILES string of the molecule is CCCC[P+](CCCC)(CCCC)CCCC.CCOCCOCCC(=O)[O-]. The van der Waals surface area contributed by atoms with Crippen LogP contribution >= 0.6 is 7.26 Å². The molecule has 0 bridgehead atoms. The monoisotopic (exact) mass is 420 g/mol. The summed E-state index contributed by atoms with van der Waals surface area (Å²) in [5.41, 5.74) is 0. The van der Waals surface area contributed by atoms with E-state index in [-0.39, 0.29) is 13.0 Å². The molecule has 170 valence electrons. The number of unbranched alkanes of at least 4 members (excludes halogenated alkanes) is 4. The van der Waals surface area contributed by atoms with Gasteiger partial charge in [-0.25, -0.2) is 0 Å². The molecule has 0 unspecified atom stereocenters. The number of hydrogen-bond donors (Lipinski definition) is 0. The fourth-order valence-electron chi connectivity index (χ4n) is 3.16. The van der Waals surface area contributed by atoms with Crippen molar-refractivity contribution in [3.8, 4) is 0 Å². The molecule has 5 heteroatoms. The first kappa shape index (κ1) is 30.0. The standard InChI is InChI=1S/C16H36P.C7H14O4/c1-5-9-13-17(14-10-6-2,15-11-7-3)16-12-8-4;1-2-10-5-6-11-4-3-7(8)9/h5-16H2,1-4H3;2-6H2,1H3,(H,8,9)/q+1;/p-1. The van der Waals surface area contributed by atoms with Gasteiger partial charge in [-0.2, -0.15) is 0 Å². The molecule has 0 aliphatic carbocycles. The van der Waals surface area contributed by atoms with Crippen molar-refractivity contribution in [3.05, 3.63) is 0 Å². The van der Waals surface area contributed by atoms with Crippen molar-refractivity contribution in [2.75, 3.05) is 51.1 Å². The molecule has 0 aliphatic rings. The van der Waals surface area contributed by atoms with Crippen molar-refractivity contribution in [2.24, 2.45) is 0 Å². The third kappa shape index (κ3) is 20.6. The second kappa shape index (κ2) is 23.1. The van der Waals surface area contributed by atoms with Crippen LogP contribution in [0.25, 0.3) is 0 Å². The van der Waals surface area contributed by atoms with Crippen LogP contribution in [0, 0.1) is 0 Å². The largest absolute Gasteiger partial charge is 0.550 e. The molecular weight excluding hydrogens is 371 g/mol. The van der Waals surface area contributed by atoms with E-state index in [2.05, 4.69) is 27.7 Å². The van der Waals surface area contributed by atoms with Crippen LogP contribution in [0.4, 0.5) is 0 Å². The molecule has 0 aromatic heterocycles. The summed E-state index contributed by atoms with van der Waals surface area (Å²) in [5, 5.41) is 9.87. The first-order valence-electron chi connectivity index (χ1n) is 11.7. The Bertz CT molecular complexity index is 286. The predicted molar refractivity (Wildman–Crippen MR) is 123 cm³/mol. The minimum atomic E-state index is -1.08. The smallest absolute Gasteiger partial charge is 0.0700 e. The highest BCUT2D eigenvalue weighted by Crippen LogP contribution is 2.61. The lowest BCUT2D eigenvalue weighted by Crippen LogP contribution is -2.23. The summed E-state index contributed by atoms with van der Waals surface area (Å²) in [6.07, 6.45) is 17.9. The number of aliphatic carboxylic acids is 1. The molecule has 28 heavy (non-hydrogen) atoms. The van der Waals surface area contributed by atoms with Crippen molar-refractivity contribution in [1.82, 2.24) is 0 Å². The Kier molecular flexibility index (Phi) is 24.8. The first-order chi connectivity index (χ1) is 13.5. The van der Waals surface area contributed by atoms with E-state index in [1.54, 1.807) is 24.6 Å². The van der Waals surface area contributed by atoms with Crippen molar-refractivity contribution in [2.45, 2.75) is 92.4 Å². The summed E-state index contributed by atoms with van der Waals surface area (Å²) in [4.78, 5) is 9.87. The molecule has 0 aromatic rings. The zero-order valence-electron chi connectivity index (χ0n) is 19.6. The molecule has 0 spiro atoms. The highest BCUT2D eigenvalue weighted by molar-refractivity contribution is 7.75. The lowest BCUT2D eigenvalue weighted by Gasteiger charge is -2.28. The van der Waals surface area contributed by atoms with Crippen LogP contribution in [0.1, 0.15) is 92.4 Å². The molecule has 0 radical (unpaired) electrons. The fourth-order valence-corrected chi connectivity index (χ4v) is 8.45. The van der Waals surface area contributed by atoms with Crippen LogP contribution in [-0.2, 0) is 14.3 Å². The topological polar surface area (TPSA) is 58.6 Å². The number of rotatable bonds is 19. The highest BCUT2D eigenvalue weighted by Gasteiger charge is 2.34. The maximum Gasteiger partial charge on any atom is 0.0700 e. The average Bonchev–Trinajstić information content (AvgIpc) is 2.70. The van der Waals surface area contributed by atoms with E-state index in [4.69, 9.17) is 9.47 Å². The Hall–Kier alpha value is -0.180. The van der Waals surface area contributed by atoms with Gasteiger partial charge in [0.15, 0.2) is 0 Å². The summed E-state index contributed by atoms with van der Waals surface area (Å²) >= 11 is 0. The summed E-state index contributed by atoms with van der Waals surface area (Å²) in [7, 11) is -0.562. The minimum absolute atomic E-state index is 0.0495. The molecule has 0 fully saturated rings. The maximum absolute atomic E-state index is 9.87. The van der Waals surface area contributed by atoms with Gasteiger partial charge in [-0.05, 0) is 32.6 Å². The lowest BCUT2D eigenvalue weighted by atomic mass is 10.4. The molecule has 0 saturated carbocycles. The predicted octanol–water partition coefficient (Wildman–Crippen LogP) is 5.38. The molecule has 4 nitrogen and oxygen atoms in total. The van der Waals surface area contributed by atoms with Gasteiger partial charge in [0.1, 0.15) is 0 Å². The fraction of sp³-hybridized carbons (Fsp3) is 0.957. The second-order valence-corrected chi connectivity index (χ2v) is 12.1. The van der Waals surface area contributed by atoms with E-state index in [1.165, 1.54) is 51.4 Å². The number of hydrogen-bond acceptors (Lipinski definition) is 4. The normalized spacial score (nSPS) is 11.2. The zero-order valence-corrected chi connectivity index (χ0v) is 20.5. The van der Waals surface area contributed by atoms with Gasteiger partial charge >= 0.3 is 0 Å². The molecular formula is C23H49O4P. The van der Waals surface area contributed by atoms with E-state index in [0.29, 0.717) is 19.8 Å². The minimum Gasteiger partial charge on any atom is -0.550 e. The number of ether oxygens (including phenoxy) is 2. The average molecular weight is 421 g/mol. The maximum atomic E-state index is 9.87. The van der Waals surface area contributed by atoms with Gasteiger partial charge in [0.2, 0.25) is 0 Å². The van der Waals surface area contributed by atoms with Gasteiger partial charge in [0, 0.05) is 26.3 Å². The summed E-state index contributed by atoms with van der Waals surface area (Å²) in [6.45, 7) is 13.1. The van der Waals surface area contributed by atoms with Crippen LogP contribution in [0.5, 0.6) is 0 Å². The van der Waals surface area contributed by atoms with Crippen LogP contribution in [0.2, 0.25) is 0 Å². The van der Waals surface area contributed by atoms with Gasteiger partial charge in [-0.15, -0.1) is 0 Å². The lowest BCUT2D eigenvalue weighted by molar-refractivity contribution is -0.306. The van der Waals surface area contributed by atoms with Crippen molar-refractivity contribution >= 4 is 13.2 Å². The molecule has 0 N–H and O–H groups in total. The van der Waals surface area contributed by atoms with Crippen molar-refractivity contribution < 1.29 is 19.4 Å². The Morgan fingerprint density at radius 3 is 1.39 bits per heavy atom. The van der Waals surface area contributed by atoms with Gasteiger partial charge in [-0.3, -0.25) is 0 Å². The van der Waals surface area contributed by atoms with E-state index >= 15 is 0 Å². The van der Waals surface area contributed by atoms with E-state index in [9.17, 15) is 9.90 Å². The van der Waals surface area contributed by atoms with Crippen LogP contribution in [-0.4, -0.2) is 57.0 Å². The van der Waals surface area contributed by atoms with E-state index in [0.717, 1.165) is 0 Å². The van der Waals surface area contributed by atoms with Crippen molar-refractivity contribution in [1.29, 1.82) is 0 Å². The third-order valence-electron chi connectivity index (χ3n) is 4.97. The zero-order chi connectivity index (χ0) is 21.5. The number of carboxylic acids is 1. The molecule has 0 aliphatic heterocycles. The van der Waals surface area contributed by atoms with Gasteiger partial charge in [-0.1, -0.05) is 53.4 Å². The number of carbonyl (C=O) groups is 1. The second-order valence-electron chi connectivity index (χ2n) is 7.58. The van der Waals surface area contributed by atoms with Crippen LogP contribution in [0.3, 0.4) is 0 Å². The Morgan fingerprint density at radius 1 is 0.679 bits per heavy atom. The Labute approximate surface area is 176 Å². The Morgan fingerprint density at radius 2 is 1.07 bits per heavy atom. The Balaban J connectivity index is 0. The number of carboxylic acid groups (broad SMARTS) is 1. The van der Waals surface area contributed by atoms with Crippen LogP contribution in [0.15, 0.2) is 0 Å². The molecule has 0 heterocycles. The molecule has 0 rings (SSSR count). The van der Waals surface area contributed by atoms with E-state index < -0.39 is 13.2 Å². The number of carbonyl (C=O) groups excluding carboxylic acids is 1. The molecule has 0 aromatic carbocycles. The van der Waals surface area contributed by atoms with Crippen molar-refractivity contribution in [3.63, 3.8) is 0 Å². The summed E-state index contributed by atoms with van der Waals surface area (Å²) < 4.78 is 9.85. The summed E-state index contributed by atoms with van der Waals surface area (Å²) in [5.74, 6) is -1.08. The first-order valence-corrected chi connectivity index (χ1v) is 14.2. The van der Waals surface area contributed by atoms with Gasteiger partial charge < -0.3 is 19.4 Å². The van der Waals surface area contributed by atoms with E-state index in [1.807, 2.05) is 6.92 Å². The highest BCUT2D eigenvalue weighted by atomic mass is 31.2. The molecule has 0 amide bonds. The van der Waals surface area contributed by atoms with Crippen LogP contribution < -0.4 is 5.11 Å². The molecule has 0 atom stereocenters. The van der Waals surface area contributed by atoms with Gasteiger partial charge in [0.25, 0.3) is 0 Å². The third-order valence-corrected chi connectivity index (χ3v) is 10.0. The summed E-state index contributed by atoms with van der Waals surface area (Å²) in [6, 6.07) is 0.